The van der Waals surface area contributed by atoms with Crippen LogP contribution in [0.1, 0.15) is 32.1 Å². The highest BCUT2D eigenvalue weighted by atomic mass is 16.6. The van der Waals surface area contributed by atoms with Crippen molar-refractivity contribution < 1.29 is 23.8 Å². The van der Waals surface area contributed by atoms with Gasteiger partial charge in [-0.15, -0.1) is 0 Å². The predicted octanol–water partition coefficient (Wildman–Crippen LogP) is 3.38. The van der Waals surface area contributed by atoms with E-state index in [0.29, 0.717) is 24.3 Å². The van der Waals surface area contributed by atoms with Crippen LogP contribution in [0.5, 0.6) is 11.5 Å². The fourth-order valence-electron chi connectivity index (χ4n) is 3.50. The predicted molar refractivity (Wildman–Crippen MR) is 109 cm³/mol. The van der Waals surface area contributed by atoms with E-state index in [1.54, 1.807) is 12.1 Å². The zero-order valence-electron chi connectivity index (χ0n) is 16.8. The average Bonchev–Trinajstić information content (AvgIpc) is 3.06. The number of pyridine rings is 1. The number of hydrogen-bond donors (Lipinski definition) is 0. The van der Waals surface area contributed by atoms with E-state index in [1.807, 2.05) is 48.7 Å². The fourth-order valence-corrected chi connectivity index (χ4v) is 3.50. The number of aryl methyl sites for hydroxylation is 1. The van der Waals surface area contributed by atoms with Crippen LogP contribution < -0.4 is 9.47 Å². The first-order valence-electron chi connectivity index (χ1n) is 9.68. The number of fused-ring (bicyclic) bond motifs is 1. The van der Waals surface area contributed by atoms with Crippen molar-refractivity contribution in [3.05, 3.63) is 77.4 Å². The van der Waals surface area contributed by atoms with Gasteiger partial charge in [-0.3, -0.25) is 9.78 Å². The van der Waals surface area contributed by atoms with Crippen LogP contribution in [0.2, 0.25) is 0 Å². The third-order valence-corrected chi connectivity index (χ3v) is 5.08. The maximum Gasteiger partial charge on any atom is 0.338 e. The first-order chi connectivity index (χ1) is 14.5. The average molecular weight is 406 g/mol. The van der Waals surface area contributed by atoms with Gasteiger partial charge >= 0.3 is 5.97 Å². The molecule has 0 unspecified atom stereocenters. The molecule has 7 nitrogen and oxygen atoms in total. The quantitative estimate of drug-likeness (QED) is 0.461. The molecule has 30 heavy (non-hydrogen) atoms. The monoisotopic (exact) mass is 406 g/mol. The minimum absolute atomic E-state index is 0.169. The Kier molecular flexibility index (Phi) is 5.52. The Bertz CT molecular complexity index is 1070. The molecule has 154 valence electrons. The van der Waals surface area contributed by atoms with E-state index in [2.05, 4.69) is 4.98 Å². The van der Waals surface area contributed by atoms with Crippen molar-refractivity contribution in [3.63, 3.8) is 0 Å². The van der Waals surface area contributed by atoms with E-state index >= 15 is 0 Å². The standard InChI is InChI=1S/C23H22N2O5/c1-15-11-19(20(26)14-29-23(27)17-7-9-24-10-8-17)16(2)25(15)12-18-13-28-21-5-3-4-6-22(21)30-18/h3-11,18H,12-14H2,1-2H3/t18-/m1/s1. The molecular weight excluding hydrogens is 384 g/mol. The van der Waals surface area contributed by atoms with Crippen LogP contribution in [0.3, 0.4) is 0 Å². The Balaban J connectivity index is 1.42. The number of aromatic nitrogens is 2. The summed E-state index contributed by atoms with van der Waals surface area (Å²) in [5.41, 5.74) is 2.63. The van der Waals surface area contributed by atoms with Crippen molar-refractivity contribution in [1.29, 1.82) is 0 Å². The van der Waals surface area contributed by atoms with E-state index < -0.39 is 5.97 Å². The molecule has 3 heterocycles. The molecule has 0 aliphatic carbocycles. The molecule has 1 aromatic carbocycles. The van der Waals surface area contributed by atoms with Gasteiger partial charge in [0.2, 0.25) is 5.78 Å². The molecule has 1 atom stereocenters. The molecule has 0 fully saturated rings. The number of carbonyl (C=O) groups is 2. The van der Waals surface area contributed by atoms with Gasteiger partial charge in [0.15, 0.2) is 24.2 Å². The number of benzene rings is 1. The highest BCUT2D eigenvalue weighted by Crippen LogP contribution is 2.31. The second-order valence-electron chi connectivity index (χ2n) is 7.13. The van der Waals surface area contributed by atoms with Crippen LogP contribution in [-0.4, -0.2) is 40.6 Å². The summed E-state index contributed by atoms with van der Waals surface area (Å²) < 4.78 is 19.0. The van der Waals surface area contributed by atoms with Crippen molar-refractivity contribution in [2.75, 3.05) is 13.2 Å². The van der Waals surface area contributed by atoms with Gasteiger partial charge in [-0.25, -0.2) is 4.79 Å². The van der Waals surface area contributed by atoms with Crippen molar-refractivity contribution in [1.82, 2.24) is 9.55 Å². The molecular formula is C23H22N2O5. The SMILES string of the molecule is Cc1cc(C(=O)COC(=O)c2ccncc2)c(C)n1C[C@@H]1COc2ccccc2O1. The molecule has 0 radical (unpaired) electrons. The van der Waals surface area contributed by atoms with E-state index in [9.17, 15) is 9.59 Å². The summed E-state index contributed by atoms with van der Waals surface area (Å²) in [7, 11) is 0. The summed E-state index contributed by atoms with van der Waals surface area (Å²) in [6.45, 7) is 4.48. The molecule has 0 saturated heterocycles. The molecule has 1 aliphatic heterocycles. The van der Waals surface area contributed by atoms with Crippen molar-refractivity contribution in [3.8, 4) is 11.5 Å². The summed E-state index contributed by atoms with van der Waals surface area (Å²) in [4.78, 5) is 28.6. The van der Waals surface area contributed by atoms with E-state index in [0.717, 1.165) is 22.9 Å². The lowest BCUT2D eigenvalue weighted by molar-refractivity contribution is 0.0474. The maximum atomic E-state index is 12.7. The van der Waals surface area contributed by atoms with Gasteiger partial charge in [-0.1, -0.05) is 12.1 Å². The third-order valence-electron chi connectivity index (χ3n) is 5.08. The fraction of sp³-hybridized carbons (Fsp3) is 0.261. The highest BCUT2D eigenvalue weighted by molar-refractivity contribution is 6.00. The number of carbonyl (C=O) groups excluding carboxylic acids is 2. The summed E-state index contributed by atoms with van der Waals surface area (Å²) in [6.07, 6.45) is 2.83. The van der Waals surface area contributed by atoms with Gasteiger partial charge in [0.05, 0.1) is 12.1 Å². The van der Waals surface area contributed by atoms with E-state index in [1.165, 1.54) is 12.4 Å². The van der Waals surface area contributed by atoms with Crippen LogP contribution >= 0.6 is 0 Å². The third kappa shape index (κ3) is 4.05. The lowest BCUT2D eigenvalue weighted by Crippen LogP contribution is -2.33. The molecule has 2 aromatic heterocycles. The van der Waals surface area contributed by atoms with Crippen molar-refractivity contribution in [2.45, 2.75) is 26.5 Å². The number of para-hydroxylation sites is 2. The van der Waals surface area contributed by atoms with Crippen molar-refractivity contribution in [2.24, 2.45) is 0 Å². The number of rotatable bonds is 6. The molecule has 1 aliphatic rings. The van der Waals surface area contributed by atoms with Crippen LogP contribution in [0.25, 0.3) is 0 Å². The van der Waals surface area contributed by atoms with Gasteiger partial charge < -0.3 is 18.8 Å². The molecule has 0 bridgehead atoms. The summed E-state index contributed by atoms with van der Waals surface area (Å²) >= 11 is 0. The molecule has 0 saturated carbocycles. The molecule has 0 amide bonds. The lowest BCUT2D eigenvalue weighted by Gasteiger charge is -2.27. The molecule has 3 aromatic rings. The number of Topliss-reactive ketones (excluding diaryl/α,β-unsaturated/α-hetero) is 1. The number of ether oxygens (including phenoxy) is 3. The van der Waals surface area contributed by atoms with Crippen LogP contribution in [-0.2, 0) is 11.3 Å². The number of nitrogens with zero attached hydrogens (tertiary/aromatic N) is 2. The van der Waals surface area contributed by atoms with Gasteiger partial charge in [0, 0.05) is 29.3 Å². The normalized spacial score (nSPS) is 14.9. The summed E-state index contributed by atoms with van der Waals surface area (Å²) in [6, 6.07) is 12.5. The highest BCUT2D eigenvalue weighted by Gasteiger charge is 2.24. The zero-order valence-corrected chi connectivity index (χ0v) is 16.8. The smallest absolute Gasteiger partial charge is 0.338 e. The largest absolute Gasteiger partial charge is 0.486 e. The first kappa shape index (κ1) is 19.7. The molecule has 0 N–H and O–H groups in total. The Morgan fingerprint density at radius 1 is 1.13 bits per heavy atom. The van der Waals surface area contributed by atoms with Crippen LogP contribution in [0, 0.1) is 13.8 Å². The Morgan fingerprint density at radius 3 is 2.63 bits per heavy atom. The summed E-state index contributed by atoms with van der Waals surface area (Å²) in [5, 5.41) is 0. The number of ketones is 1. The Labute approximate surface area is 174 Å². The first-order valence-corrected chi connectivity index (χ1v) is 9.68. The molecule has 7 heteroatoms. The van der Waals surface area contributed by atoms with E-state index in [4.69, 9.17) is 14.2 Å². The number of hydrogen-bond acceptors (Lipinski definition) is 6. The van der Waals surface area contributed by atoms with E-state index in [-0.39, 0.29) is 18.5 Å². The molecule has 0 spiro atoms. The Hall–Kier alpha value is -3.61. The van der Waals surface area contributed by atoms with Gasteiger partial charge in [-0.05, 0) is 44.2 Å². The zero-order chi connectivity index (χ0) is 21.1. The van der Waals surface area contributed by atoms with Gasteiger partial charge in [0.1, 0.15) is 6.61 Å². The van der Waals surface area contributed by atoms with Crippen LogP contribution in [0.15, 0.2) is 54.9 Å². The summed E-state index contributed by atoms with van der Waals surface area (Å²) in [5.74, 6) is 0.658. The second kappa shape index (κ2) is 8.41. The maximum absolute atomic E-state index is 12.7. The number of esters is 1. The van der Waals surface area contributed by atoms with Gasteiger partial charge in [0.25, 0.3) is 0 Å². The topological polar surface area (TPSA) is 79.7 Å². The second-order valence-corrected chi connectivity index (χ2v) is 7.13. The molecule has 4 rings (SSSR count). The minimum Gasteiger partial charge on any atom is -0.486 e. The van der Waals surface area contributed by atoms with Crippen molar-refractivity contribution >= 4 is 11.8 Å². The van der Waals surface area contributed by atoms with Crippen LogP contribution in [0.4, 0.5) is 0 Å². The lowest BCUT2D eigenvalue weighted by atomic mass is 10.1. The minimum atomic E-state index is -0.550. The van der Waals surface area contributed by atoms with Gasteiger partial charge in [-0.2, -0.15) is 0 Å². The Morgan fingerprint density at radius 2 is 1.87 bits per heavy atom.